The molecular weight excluding hydrogens is 350 g/mol. The van der Waals surface area contributed by atoms with Crippen molar-refractivity contribution in [3.05, 3.63) is 65.4 Å². The van der Waals surface area contributed by atoms with Crippen molar-refractivity contribution in [2.75, 3.05) is 16.8 Å². The van der Waals surface area contributed by atoms with Gasteiger partial charge in [-0.2, -0.15) is 4.99 Å². The highest BCUT2D eigenvalue weighted by Crippen LogP contribution is 2.37. The van der Waals surface area contributed by atoms with E-state index in [0.29, 0.717) is 11.4 Å². The minimum atomic E-state index is -0.236. The summed E-state index contributed by atoms with van der Waals surface area (Å²) in [4.78, 5) is 29.5. The number of benzene rings is 2. The molecule has 5 heteroatoms. The number of rotatable bonds is 4. The lowest BCUT2D eigenvalue weighted by molar-refractivity contribution is -0.113. The largest absolute Gasteiger partial charge is 0.347 e. The van der Waals surface area contributed by atoms with E-state index >= 15 is 0 Å². The SMILES string of the molecule is Cc1ccc(N2C=C(C(=O)Nc3ccc(C)c(N=C=O)c3)C(C)(C)CC2)cc1. The number of hydrogen-bond acceptors (Lipinski definition) is 4. The topological polar surface area (TPSA) is 61.8 Å². The second kappa shape index (κ2) is 7.83. The Kier molecular flexibility index (Phi) is 5.48. The van der Waals surface area contributed by atoms with Gasteiger partial charge in [-0.3, -0.25) is 4.79 Å². The maximum absolute atomic E-state index is 13.1. The van der Waals surface area contributed by atoms with Crippen LogP contribution in [0.3, 0.4) is 0 Å². The molecule has 2 aromatic rings. The van der Waals surface area contributed by atoms with Gasteiger partial charge in [-0.25, -0.2) is 4.79 Å². The maximum Gasteiger partial charge on any atom is 0.253 e. The summed E-state index contributed by atoms with van der Waals surface area (Å²) in [6.07, 6.45) is 4.37. The molecule has 28 heavy (non-hydrogen) atoms. The van der Waals surface area contributed by atoms with Crippen LogP contribution in [0.2, 0.25) is 0 Å². The zero-order valence-corrected chi connectivity index (χ0v) is 16.7. The van der Waals surface area contributed by atoms with Gasteiger partial charge in [0.2, 0.25) is 6.08 Å². The Morgan fingerprint density at radius 1 is 1.14 bits per heavy atom. The van der Waals surface area contributed by atoms with Crippen LogP contribution in [0.15, 0.2) is 59.2 Å². The Morgan fingerprint density at radius 3 is 2.54 bits per heavy atom. The van der Waals surface area contributed by atoms with Crippen LogP contribution in [-0.2, 0) is 9.59 Å². The van der Waals surface area contributed by atoms with Crippen molar-refractivity contribution >= 4 is 29.0 Å². The molecule has 1 aliphatic heterocycles. The summed E-state index contributed by atoms with van der Waals surface area (Å²) >= 11 is 0. The summed E-state index contributed by atoms with van der Waals surface area (Å²) in [7, 11) is 0. The van der Waals surface area contributed by atoms with E-state index in [-0.39, 0.29) is 11.3 Å². The van der Waals surface area contributed by atoms with Crippen LogP contribution in [0.4, 0.5) is 17.1 Å². The second-order valence-corrected chi connectivity index (χ2v) is 7.86. The quantitative estimate of drug-likeness (QED) is 0.602. The first-order valence-electron chi connectivity index (χ1n) is 9.36. The Labute approximate surface area is 165 Å². The van der Waals surface area contributed by atoms with E-state index in [1.165, 1.54) is 5.56 Å². The first-order valence-corrected chi connectivity index (χ1v) is 9.36. The van der Waals surface area contributed by atoms with Crippen molar-refractivity contribution in [2.24, 2.45) is 10.4 Å². The van der Waals surface area contributed by atoms with Crippen LogP contribution in [0, 0.1) is 19.3 Å². The van der Waals surface area contributed by atoms with Gasteiger partial charge < -0.3 is 10.2 Å². The zero-order chi connectivity index (χ0) is 20.3. The fourth-order valence-electron chi connectivity index (χ4n) is 3.29. The van der Waals surface area contributed by atoms with Gasteiger partial charge in [0.15, 0.2) is 0 Å². The molecule has 0 unspecified atom stereocenters. The summed E-state index contributed by atoms with van der Waals surface area (Å²) in [5.41, 5.74) is 4.73. The number of nitrogens with one attached hydrogen (secondary N) is 1. The van der Waals surface area contributed by atoms with Crippen LogP contribution in [0.25, 0.3) is 0 Å². The van der Waals surface area contributed by atoms with Gasteiger partial charge in [0.05, 0.1) is 5.69 Å². The number of aryl methyl sites for hydroxylation is 2. The summed E-state index contributed by atoms with van der Waals surface area (Å²) in [5, 5.41) is 2.95. The van der Waals surface area contributed by atoms with Crippen molar-refractivity contribution in [3.63, 3.8) is 0 Å². The fraction of sp³-hybridized carbons (Fsp3) is 0.304. The summed E-state index contributed by atoms with van der Waals surface area (Å²) < 4.78 is 0. The molecule has 1 heterocycles. The van der Waals surface area contributed by atoms with Crippen LogP contribution in [0.1, 0.15) is 31.4 Å². The molecule has 1 N–H and O–H groups in total. The number of isocyanates is 1. The van der Waals surface area contributed by atoms with Gasteiger partial charge in [-0.05, 0) is 55.5 Å². The van der Waals surface area contributed by atoms with Crippen LogP contribution >= 0.6 is 0 Å². The highest BCUT2D eigenvalue weighted by Gasteiger charge is 2.33. The number of amides is 1. The molecule has 1 amide bonds. The summed E-state index contributed by atoms with van der Waals surface area (Å²) in [5.74, 6) is -0.147. The van der Waals surface area contributed by atoms with Gasteiger partial charge in [0.1, 0.15) is 0 Å². The van der Waals surface area contributed by atoms with E-state index < -0.39 is 0 Å². The van der Waals surface area contributed by atoms with Gasteiger partial charge in [-0.15, -0.1) is 0 Å². The Balaban J connectivity index is 1.88. The second-order valence-electron chi connectivity index (χ2n) is 7.86. The van der Waals surface area contributed by atoms with E-state index in [1.807, 2.05) is 25.3 Å². The smallest absolute Gasteiger partial charge is 0.253 e. The molecule has 3 rings (SSSR count). The molecule has 0 aliphatic carbocycles. The zero-order valence-electron chi connectivity index (χ0n) is 16.7. The van der Waals surface area contributed by atoms with Crippen molar-refractivity contribution in [1.29, 1.82) is 0 Å². The molecule has 0 bridgehead atoms. The number of nitrogens with zero attached hydrogens (tertiary/aromatic N) is 2. The normalized spacial score (nSPS) is 15.4. The standard InChI is InChI=1S/C23H25N3O2/c1-16-5-9-19(10-6-16)26-12-11-23(3,4)20(14-26)22(28)25-18-8-7-17(2)21(13-18)24-15-27/h5-10,13-14H,11-12H2,1-4H3,(H,25,28). The third-order valence-electron chi connectivity index (χ3n) is 5.24. The Bertz CT molecular complexity index is 968. The third-order valence-corrected chi connectivity index (χ3v) is 5.24. The Morgan fingerprint density at radius 2 is 1.86 bits per heavy atom. The highest BCUT2D eigenvalue weighted by atomic mass is 16.1. The third kappa shape index (κ3) is 4.21. The number of aliphatic imine (C=N–C) groups is 1. The number of carbonyl (C=O) groups is 1. The van der Waals surface area contributed by atoms with Crippen molar-refractivity contribution in [1.82, 2.24) is 0 Å². The molecule has 0 radical (unpaired) electrons. The fourth-order valence-corrected chi connectivity index (χ4v) is 3.29. The summed E-state index contributed by atoms with van der Waals surface area (Å²) in [6.45, 7) is 8.94. The van der Waals surface area contributed by atoms with E-state index in [4.69, 9.17) is 0 Å². The van der Waals surface area contributed by atoms with Gasteiger partial charge >= 0.3 is 0 Å². The molecule has 0 fully saturated rings. The number of hydrogen-bond donors (Lipinski definition) is 1. The minimum Gasteiger partial charge on any atom is -0.347 e. The predicted molar refractivity (Wildman–Crippen MR) is 113 cm³/mol. The molecule has 2 aromatic carbocycles. The molecule has 0 aromatic heterocycles. The molecule has 0 saturated heterocycles. The highest BCUT2D eigenvalue weighted by molar-refractivity contribution is 6.05. The van der Waals surface area contributed by atoms with E-state index in [2.05, 4.69) is 60.2 Å². The van der Waals surface area contributed by atoms with Crippen molar-refractivity contribution in [2.45, 2.75) is 34.1 Å². The predicted octanol–water partition coefficient (Wildman–Crippen LogP) is 5.03. The van der Waals surface area contributed by atoms with E-state index in [1.54, 1.807) is 12.1 Å². The van der Waals surface area contributed by atoms with Gasteiger partial charge in [-0.1, -0.05) is 37.6 Å². The Hall–Kier alpha value is -3.17. The molecule has 0 saturated carbocycles. The molecule has 144 valence electrons. The molecule has 1 aliphatic rings. The average molecular weight is 375 g/mol. The number of anilines is 2. The van der Waals surface area contributed by atoms with Gasteiger partial charge in [0.25, 0.3) is 5.91 Å². The van der Waals surface area contributed by atoms with Crippen molar-refractivity contribution < 1.29 is 9.59 Å². The van der Waals surface area contributed by atoms with E-state index in [9.17, 15) is 9.59 Å². The van der Waals surface area contributed by atoms with Crippen LogP contribution in [0.5, 0.6) is 0 Å². The molecule has 5 nitrogen and oxygen atoms in total. The molecular formula is C23H25N3O2. The van der Waals surface area contributed by atoms with Crippen LogP contribution < -0.4 is 10.2 Å². The average Bonchev–Trinajstić information content (AvgIpc) is 2.65. The first kappa shape index (κ1) is 19.6. The molecule has 0 spiro atoms. The van der Waals surface area contributed by atoms with Crippen molar-refractivity contribution in [3.8, 4) is 0 Å². The first-order chi connectivity index (χ1) is 13.3. The summed E-state index contributed by atoms with van der Waals surface area (Å²) in [6, 6.07) is 13.6. The monoisotopic (exact) mass is 375 g/mol. The van der Waals surface area contributed by atoms with E-state index in [0.717, 1.165) is 29.8 Å². The van der Waals surface area contributed by atoms with Gasteiger partial charge in [0, 0.05) is 29.7 Å². The lowest BCUT2D eigenvalue weighted by Crippen LogP contribution is -2.36. The molecule has 0 atom stereocenters. The van der Waals surface area contributed by atoms with Crippen LogP contribution in [-0.4, -0.2) is 18.5 Å². The number of carbonyl (C=O) groups excluding carboxylic acids is 2. The maximum atomic E-state index is 13.1. The lowest BCUT2D eigenvalue weighted by atomic mass is 9.78. The lowest BCUT2D eigenvalue weighted by Gasteiger charge is -2.37. The minimum absolute atomic E-state index is 0.147.